The molecule has 0 N–H and O–H groups in total. The van der Waals surface area contributed by atoms with Crippen LogP contribution in [-0.2, 0) is 20.9 Å². The Bertz CT molecular complexity index is 1170. The van der Waals surface area contributed by atoms with Gasteiger partial charge in [-0.05, 0) is 43.5 Å². The van der Waals surface area contributed by atoms with Gasteiger partial charge in [-0.15, -0.1) is 0 Å². The molecule has 2 aromatic rings. The van der Waals surface area contributed by atoms with Gasteiger partial charge in [0.05, 0.1) is 6.61 Å². The number of carbonyl (C=O) groups excluding carboxylic acids is 2. The van der Waals surface area contributed by atoms with Crippen molar-refractivity contribution in [3.63, 3.8) is 0 Å². The van der Waals surface area contributed by atoms with Gasteiger partial charge in [0.2, 0.25) is 0 Å². The van der Waals surface area contributed by atoms with Crippen LogP contribution in [0.25, 0.3) is 0 Å². The molecule has 6 heteroatoms. The first-order chi connectivity index (χ1) is 16.6. The van der Waals surface area contributed by atoms with Crippen molar-refractivity contribution >= 4 is 23.2 Å². The fourth-order valence-electron chi connectivity index (χ4n) is 5.01. The summed E-state index contributed by atoms with van der Waals surface area (Å²) in [6.07, 6.45) is 3.96. The molecule has 0 saturated heterocycles. The van der Waals surface area contributed by atoms with E-state index in [4.69, 9.17) is 25.8 Å². The van der Waals surface area contributed by atoms with Crippen LogP contribution in [0.15, 0.2) is 65.1 Å². The molecular weight excluding hydrogens is 452 g/mol. The molecule has 0 aromatic heterocycles. The van der Waals surface area contributed by atoms with Gasteiger partial charge in [-0.1, -0.05) is 35.9 Å². The van der Waals surface area contributed by atoms with Crippen LogP contribution in [0.4, 0.5) is 0 Å². The molecule has 5 nitrogen and oxygen atoms in total. The van der Waals surface area contributed by atoms with E-state index in [0.29, 0.717) is 53.7 Å². The third-order valence-corrected chi connectivity index (χ3v) is 6.95. The second-order valence-electron chi connectivity index (χ2n) is 8.78. The number of carbonyl (C=O) groups is 2. The molecule has 2 aliphatic carbocycles. The van der Waals surface area contributed by atoms with Gasteiger partial charge in [0.25, 0.3) is 0 Å². The Labute approximate surface area is 204 Å². The molecule has 0 amide bonds. The smallest absolute Gasteiger partial charge is 0.163 e. The minimum atomic E-state index is -0.420. The van der Waals surface area contributed by atoms with E-state index in [1.807, 2.05) is 49.4 Å². The van der Waals surface area contributed by atoms with Crippen LogP contribution in [0.3, 0.4) is 0 Å². The highest BCUT2D eigenvalue weighted by Gasteiger charge is 2.41. The maximum Gasteiger partial charge on any atom is 0.163 e. The largest absolute Gasteiger partial charge is 0.490 e. The van der Waals surface area contributed by atoms with Crippen LogP contribution >= 0.6 is 11.6 Å². The predicted molar refractivity (Wildman–Crippen MR) is 129 cm³/mol. The molecule has 0 saturated carbocycles. The number of hydrogen-bond donors (Lipinski definition) is 0. The maximum absolute atomic E-state index is 13.0. The van der Waals surface area contributed by atoms with Gasteiger partial charge in [0.1, 0.15) is 18.1 Å². The van der Waals surface area contributed by atoms with E-state index in [9.17, 15) is 9.59 Å². The second kappa shape index (κ2) is 9.67. The summed E-state index contributed by atoms with van der Waals surface area (Å²) in [7, 11) is 0. The molecule has 34 heavy (non-hydrogen) atoms. The molecule has 0 unspecified atom stereocenters. The van der Waals surface area contributed by atoms with Gasteiger partial charge in [-0.2, -0.15) is 0 Å². The zero-order chi connectivity index (χ0) is 23.7. The van der Waals surface area contributed by atoms with Crippen molar-refractivity contribution in [2.24, 2.45) is 0 Å². The first kappa shape index (κ1) is 22.7. The summed E-state index contributed by atoms with van der Waals surface area (Å²) in [5, 5.41) is 0.643. The van der Waals surface area contributed by atoms with Gasteiger partial charge in [-0.25, -0.2) is 0 Å². The highest BCUT2D eigenvalue weighted by molar-refractivity contribution is 6.31. The summed E-state index contributed by atoms with van der Waals surface area (Å²) >= 11 is 6.28. The van der Waals surface area contributed by atoms with E-state index < -0.39 is 5.92 Å². The van der Waals surface area contributed by atoms with E-state index in [1.54, 1.807) is 0 Å². The zero-order valence-electron chi connectivity index (χ0n) is 19.2. The molecular formula is C28H27ClO5. The number of rotatable bonds is 6. The Morgan fingerprint density at radius 2 is 1.56 bits per heavy atom. The third kappa shape index (κ3) is 4.25. The highest BCUT2D eigenvalue weighted by atomic mass is 35.5. The molecule has 0 atom stereocenters. The molecule has 0 radical (unpaired) electrons. The van der Waals surface area contributed by atoms with Gasteiger partial charge >= 0.3 is 0 Å². The van der Waals surface area contributed by atoms with Crippen LogP contribution in [0.5, 0.6) is 11.5 Å². The van der Waals surface area contributed by atoms with Crippen molar-refractivity contribution in [3.8, 4) is 11.5 Å². The number of ether oxygens (including phenoxy) is 3. The highest BCUT2D eigenvalue weighted by Crippen LogP contribution is 2.48. The topological polar surface area (TPSA) is 61.8 Å². The molecule has 5 rings (SSSR count). The van der Waals surface area contributed by atoms with Crippen molar-refractivity contribution in [2.75, 3.05) is 6.61 Å². The number of benzene rings is 2. The van der Waals surface area contributed by atoms with Crippen molar-refractivity contribution in [1.82, 2.24) is 0 Å². The predicted octanol–water partition coefficient (Wildman–Crippen LogP) is 6.45. The fraction of sp³-hybridized carbons (Fsp3) is 0.357. The molecule has 176 valence electrons. The summed E-state index contributed by atoms with van der Waals surface area (Å²) in [5.41, 5.74) is 2.99. The lowest BCUT2D eigenvalue weighted by atomic mass is 9.73. The number of ketones is 2. The summed E-state index contributed by atoms with van der Waals surface area (Å²) in [6.45, 7) is 2.67. The van der Waals surface area contributed by atoms with Gasteiger partial charge < -0.3 is 14.2 Å². The average Bonchev–Trinajstić information content (AvgIpc) is 2.83. The van der Waals surface area contributed by atoms with E-state index in [0.717, 1.165) is 48.3 Å². The van der Waals surface area contributed by atoms with Crippen LogP contribution in [0.2, 0.25) is 5.02 Å². The Balaban J connectivity index is 1.53. The Kier molecular flexibility index (Phi) is 6.46. The van der Waals surface area contributed by atoms with Gasteiger partial charge in [-0.3, -0.25) is 9.59 Å². The Morgan fingerprint density at radius 3 is 2.21 bits per heavy atom. The Hall–Kier alpha value is -3.05. The van der Waals surface area contributed by atoms with Crippen molar-refractivity contribution in [1.29, 1.82) is 0 Å². The SMILES string of the molecule is CCOc1cc(C2C3=C(CCCC3=O)OC3=C2C(=O)CCC3)ccc1OCc1ccccc1Cl. The van der Waals surface area contributed by atoms with Crippen molar-refractivity contribution < 1.29 is 23.8 Å². The third-order valence-electron chi connectivity index (χ3n) is 6.58. The lowest BCUT2D eigenvalue weighted by molar-refractivity contribution is -0.117. The number of allylic oxidation sites excluding steroid dienone is 4. The molecule has 0 bridgehead atoms. The van der Waals surface area contributed by atoms with Crippen LogP contribution in [0, 0.1) is 0 Å². The summed E-state index contributed by atoms with van der Waals surface area (Å²) in [4.78, 5) is 26.0. The Morgan fingerprint density at radius 1 is 0.882 bits per heavy atom. The van der Waals surface area contributed by atoms with E-state index >= 15 is 0 Å². The first-order valence-electron chi connectivity index (χ1n) is 11.9. The minimum absolute atomic E-state index is 0.0631. The lowest BCUT2D eigenvalue weighted by Gasteiger charge is -2.36. The summed E-state index contributed by atoms with van der Waals surface area (Å²) < 4.78 is 18.1. The summed E-state index contributed by atoms with van der Waals surface area (Å²) in [5.74, 6) is 2.33. The average molecular weight is 479 g/mol. The quantitative estimate of drug-likeness (QED) is 0.477. The van der Waals surface area contributed by atoms with E-state index in [2.05, 4.69) is 0 Å². The molecule has 0 spiro atoms. The van der Waals surface area contributed by atoms with Crippen LogP contribution in [0.1, 0.15) is 62.5 Å². The number of halogens is 1. The van der Waals surface area contributed by atoms with E-state index in [1.165, 1.54) is 0 Å². The summed E-state index contributed by atoms with van der Waals surface area (Å²) in [6, 6.07) is 13.2. The normalized spacial score (nSPS) is 18.4. The number of hydrogen-bond acceptors (Lipinski definition) is 5. The van der Waals surface area contributed by atoms with E-state index in [-0.39, 0.29) is 11.6 Å². The van der Waals surface area contributed by atoms with Crippen LogP contribution in [-0.4, -0.2) is 18.2 Å². The standard InChI is InChI=1S/C28H27ClO5/c1-2-32-25-15-17(13-14-22(25)33-16-18-7-3-4-8-19(18)29)26-27-20(30)9-5-11-23(27)34-24-12-6-10-21(31)28(24)26/h3-4,7-8,13-15,26H,2,5-6,9-12,16H2,1H3. The monoisotopic (exact) mass is 478 g/mol. The lowest BCUT2D eigenvalue weighted by Crippen LogP contribution is -2.30. The first-order valence-corrected chi connectivity index (χ1v) is 12.3. The molecule has 0 fully saturated rings. The molecule has 2 aromatic carbocycles. The molecule has 3 aliphatic rings. The maximum atomic E-state index is 13.0. The second-order valence-corrected chi connectivity index (χ2v) is 9.19. The minimum Gasteiger partial charge on any atom is -0.490 e. The van der Waals surface area contributed by atoms with Crippen LogP contribution < -0.4 is 9.47 Å². The zero-order valence-corrected chi connectivity index (χ0v) is 20.0. The fourth-order valence-corrected chi connectivity index (χ4v) is 5.20. The molecule has 1 aliphatic heterocycles. The van der Waals surface area contributed by atoms with Gasteiger partial charge in [0, 0.05) is 53.3 Å². The van der Waals surface area contributed by atoms with Crippen molar-refractivity contribution in [3.05, 3.63) is 81.3 Å². The van der Waals surface area contributed by atoms with Gasteiger partial charge in [0.15, 0.2) is 23.1 Å². The molecule has 1 heterocycles. The van der Waals surface area contributed by atoms with Crippen molar-refractivity contribution in [2.45, 2.75) is 58.0 Å². The number of Topliss-reactive ketones (excluding diaryl/α,β-unsaturated/α-hetero) is 2.